The summed E-state index contributed by atoms with van der Waals surface area (Å²) in [4.78, 5) is 12.9. The summed E-state index contributed by atoms with van der Waals surface area (Å²) in [7, 11) is 0. The standard InChI is InChI=1S/C26H38O7/c1-12(2)15(5)22(30)33-21-13(3)9-24-14(4)10-25(31)18(23(25,6)7)17(20(24)29)8-16(11-27)19(28)26(21,24)32/h8-9,14,17-21,27-29,31-32H,10-11H2,1-7H3/t14?,17-,18+,19+,20?,21-,24?,25-,26-/m0/s1. The first-order chi connectivity index (χ1) is 15.1. The molecule has 0 aliphatic heterocycles. The fourth-order valence-electron chi connectivity index (χ4n) is 7.40. The van der Waals surface area contributed by atoms with Gasteiger partial charge in [0, 0.05) is 22.8 Å². The van der Waals surface area contributed by atoms with Crippen LogP contribution in [0.3, 0.4) is 0 Å². The molecule has 7 nitrogen and oxygen atoms in total. The molecule has 33 heavy (non-hydrogen) atoms. The highest BCUT2D eigenvalue weighted by molar-refractivity contribution is 5.89. The van der Waals surface area contributed by atoms with E-state index in [1.165, 1.54) is 0 Å². The first-order valence-corrected chi connectivity index (χ1v) is 11.8. The van der Waals surface area contributed by atoms with Crippen LogP contribution in [0.2, 0.25) is 0 Å². The predicted octanol–water partition coefficient (Wildman–Crippen LogP) is 1.63. The zero-order valence-corrected chi connectivity index (χ0v) is 20.6. The highest BCUT2D eigenvalue weighted by atomic mass is 16.6. The van der Waals surface area contributed by atoms with E-state index in [9.17, 15) is 30.3 Å². The molecular formula is C26H38O7. The number of ether oxygens (including phenoxy) is 1. The van der Waals surface area contributed by atoms with Crippen LogP contribution in [0.1, 0.15) is 54.9 Å². The number of rotatable bonds is 3. The number of hydrogen-bond donors (Lipinski definition) is 5. The van der Waals surface area contributed by atoms with Crippen molar-refractivity contribution in [3.63, 3.8) is 0 Å². The fraction of sp³-hybridized carbons (Fsp3) is 0.731. The zero-order chi connectivity index (χ0) is 24.9. The molecule has 0 radical (unpaired) electrons. The number of carbonyl (C=O) groups excluding carboxylic acids is 1. The van der Waals surface area contributed by atoms with E-state index in [0.29, 0.717) is 17.6 Å². The average Bonchev–Trinajstić information content (AvgIpc) is 3.10. The number of esters is 1. The van der Waals surface area contributed by atoms with Gasteiger partial charge in [0.15, 0.2) is 6.10 Å². The Labute approximate surface area is 195 Å². The van der Waals surface area contributed by atoms with E-state index in [4.69, 9.17) is 4.74 Å². The molecule has 3 unspecified atom stereocenters. The largest absolute Gasteiger partial charge is 0.451 e. The van der Waals surface area contributed by atoms with Crippen molar-refractivity contribution >= 4 is 5.97 Å². The second-order valence-electron chi connectivity index (χ2n) is 11.6. The minimum atomic E-state index is -2.12. The van der Waals surface area contributed by atoms with Crippen molar-refractivity contribution < 1.29 is 35.1 Å². The van der Waals surface area contributed by atoms with Gasteiger partial charge in [0.2, 0.25) is 0 Å². The Hall–Kier alpha value is -1.51. The van der Waals surface area contributed by atoms with Crippen molar-refractivity contribution in [2.75, 3.05) is 6.61 Å². The SMILES string of the molecule is CC1=CC23C(C)C[C@]4(O)[C@H]([C@H](C=C(CO)[C@@H](O)[C@]2(O)[C@H]1OC(=O)C(C)=C(C)C)C3O)C4(C)C. The maximum absolute atomic E-state index is 12.9. The van der Waals surface area contributed by atoms with Gasteiger partial charge >= 0.3 is 5.97 Å². The molecule has 1 spiro atoms. The van der Waals surface area contributed by atoms with Crippen LogP contribution in [0.5, 0.6) is 0 Å². The minimum Gasteiger partial charge on any atom is -0.451 e. The predicted molar refractivity (Wildman–Crippen MR) is 122 cm³/mol. The van der Waals surface area contributed by atoms with Crippen LogP contribution in [0.25, 0.3) is 0 Å². The molecule has 5 N–H and O–H groups in total. The molecular weight excluding hydrogens is 424 g/mol. The summed E-state index contributed by atoms with van der Waals surface area (Å²) in [6.07, 6.45) is -0.288. The van der Waals surface area contributed by atoms with E-state index in [1.807, 2.05) is 20.8 Å². The average molecular weight is 463 g/mol. The molecule has 4 aliphatic rings. The molecule has 2 saturated carbocycles. The fourth-order valence-corrected chi connectivity index (χ4v) is 7.40. The molecule has 0 saturated heterocycles. The van der Waals surface area contributed by atoms with Crippen molar-refractivity contribution in [2.24, 2.45) is 28.6 Å². The topological polar surface area (TPSA) is 127 Å². The lowest BCUT2D eigenvalue weighted by Crippen LogP contribution is -2.67. The van der Waals surface area contributed by atoms with Crippen LogP contribution in [0, 0.1) is 28.6 Å². The molecule has 2 bridgehead atoms. The Balaban J connectivity index is 1.91. The number of allylic oxidation sites excluding steroid dienone is 1. The first-order valence-electron chi connectivity index (χ1n) is 11.8. The van der Waals surface area contributed by atoms with Gasteiger partial charge in [0.25, 0.3) is 0 Å². The molecule has 9 atom stereocenters. The molecule has 0 aromatic rings. The summed E-state index contributed by atoms with van der Waals surface area (Å²) in [5.74, 6) is -1.97. The van der Waals surface area contributed by atoms with Crippen molar-refractivity contribution in [3.05, 3.63) is 34.4 Å². The Kier molecular flexibility index (Phi) is 5.40. The van der Waals surface area contributed by atoms with Gasteiger partial charge in [0.05, 0.1) is 23.7 Å². The van der Waals surface area contributed by atoms with Crippen molar-refractivity contribution in [3.8, 4) is 0 Å². The van der Waals surface area contributed by atoms with Crippen LogP contribution in [0.15, 0.2) is 34.4 Å². The van der Waals surface area contributed by atoms with E-state index in [1.54, 1.807) is 39.8 Å². The lowest BCUT2D eigenvalue weighted by atomic mass is 9.58. The maximum Gasteiger partial charge on any atom is 0.334 e. The van der Waals surface area contributed by atoms with Gasteiger partial charge < -0.3 is 30.3 Å². The molecule has 4 rings (SSSR count). The van der Waals surface area contributed by atoms with Gasteiger partial charge in [-0.15, -0.1) is 0 Å². The molecule has 2 fully saturated rings. The van der Waals surface area contributed by atoms with E-state index >= 15 is 0 Å². The number of aliphatic hydroxyl groups is 5. The van der Waals surface area contributed by atoms with Gasteiger partial charge in [-0.05, 0) is 51.2 Å². The molecule has 4 aliphatic carbocycles. The Morgan fingerprint density at radius 3 is 2.33 bits per heavy atom. The lowest BCUT2D eigenvalue weighted by Gasteiger charge is -2.52. The lowest BCUT2D eigenvalue weighted by molar-refractivity contribution is -0.224. The smallest absolute Gasteiger partial charge is 0.334 e. The third-order valence-electron chi connectivity index (χ3n) is 9.61. The van der Waals surface area contributed by atoms with Gasteiger partial charge in [-0.3, -0.25) is 0 Å². The van der Waals surface area contributed by atoms with Gasteiger partial charge in [0.1, 0.15) is 11.7 Å². The summed E-state index contributed by atoms with van der Waals surface area (Å²) >= 11 is 0. The monoisotopic (exact) mass is 462 g/mol. The van der Waals surface area contributed by atoms with Crippen LogP contribution in [-0.2, 0) is 9.53 Å². The first kappa shape index (κ1) is 24.6. The van der Waals surface area contributed by atoms with Gasteiger partial charge in [-0.25, -0.2) is 4.79 Å². The normalized spacial score (nSPS) is 47.3. The van der Waals surface area contributed by atoms with Gasteiger partial charge in [-0.1, -0.05) is 38.5 Å². The third kappa shape index (κ3) is 2.77. The highest BCUT2D eigenvalue weighted by Gasteiger charge is 2.81. The van der Waals surface area contributed by atoms with Crippen LogP contribution in [0.4, 0.5) is 0 Å². The van der Waals surface area contributed by atoms with Gasteiger partial charge in [-0.2, -0.15) is 0 Å². The van der Waals surface area contributed by atoms with Crippen molar-refractivity contribution in [1.82, 2.24) is 0 Å². The molecule has 184 valence electrons. The molecule has 0 heterocycles. The van der Waals surface area contributed by atoms with Crippen LogP contribution in [-0.4, -0.2) is 67.6 Å². The number of carbonyl (C=O) groups is 1. The summed E-state index contributed by atoms with van der Waals surface area (Å²) in [5.41, 5.74) is -3.18. The summed E-state index contributed by atoms with van der Waals surface area (Å²) in [6.45, 7) is 12.2. The highest BCUT2D eigenvalue weighted by Crippen LogP contribution is 2.74. The van der Waals surface area contributed by atoms with Crippen molar-refractivity contribution in [2.45, 2.75) is 84.4 Å². The zero-order valence-electron chi connectivity index (χ0n) is 20.6. The summed E-state index contributed by atoms with van der Waals surface area (Å²) in [6, 6.07) is 0. The van der Waals surface area contributed by atoms with Crippen molar-refractivity contribution in [1.29, 1.82) is 0 Å². The number of aliphatic hydroxyl groups excluding tert-OH is 3. The molecule has 7 heteroatoms. The van der Waals surface area contributed by atoms with Crippen LogP contribution >= 0.6 is 0 Å². The third-order valence-corrected chi connectivity index (χ3v) is 9.61. The Morgan fingerprint density at radius 2 is 1.79 bits per heavy atom. The summed E-state index contributed by atoms with van der Waals surface area (Å²) in [5, 5.41) is 57.4. The Morgan fingerprint density at radius 1 is 1.18 bits per heavy atom. The second kappa shape index (κ2) is 7.25. The minimum absolute atomic E-state index is 0.158. The maximum atomic E-state index is 12.9. The van der Waals surface area contributed by atoms with E-state index < -0.39 is 64.8 Å². The molecule has 0 aromatic heterocycles. The summed E-state index contributed by atoms with van der Waals surface area (Å²) < 4.78 is 5.81. The van der Waals surface area contributed by atoms with E-state index in [2.05, 4.69) is 0 Å². The quantitative estimate of drug-likeness (QED) is 0.245. The number of hydrogen-bond acceptors (Lipinski definition) is 7. The number of fused-ring (bicyclic) bond motifs is 3. The van der Waals surface area contributed by atoms with E-state index in [-0.39, 0.29) is 11.5 Å². The molecule has 0 amide bonds. The molecule has 0 aromatic carbocycles. The second-order valence-corrected chi connectivity index (χ2v) is 11.6. The Bertz CT molecular complexity index is 973. The van der Waals surface area contributed by atoms with E-state index in [0.717, 1.165) is 5.57 Å². The van der Waals surface area contributed by atoms with Crippen LogP contribution < -0.4 is 0 Å².